The molecule has 3 N–H and O–H groups in total. The van der Waals surface area contributed by atoms with Crippen molar-refractivity contribution in [3.63, 3.8) is 0 Å². The molecule has 6 heteroatoms. The lowest BCUT2D eigenvalue weighted by Gasteiger charge is -2.28. The second kappa shape index (κ2) is 9.48. The van der Waals surface area contributed by atoms with E-state index in [2.05, 4.69) is 0 Å². The molecule has 0 fully saturated rings. The summed E-state index contributed by atoms with van der Waals surface area (Å²) in [4.78, 5) is 1.87. The maximum atomic E-state index is 10.5. The molecular weight excluding hydrogens is 332 g/mol. The number of rotatable bonds is 10. The van der Waals surface area contributed by atoms with Gasteiger partial charge in [-0.2, -0.15) is 0 Å². The van der Waals surface area contributed by atoms with Gasteiger partial charge in [0.1, 0.15) is 0 Å². The zero-order valence-electron chi connectivity index (χ0n) is 16.0. The fraction of sp³-hybridized carbons (Fsp3) is 0.600. The Balaban J connectivity index is 1.89. The standard InChI is InChI=1S/C20H32N2O4/c1-20(2,3)26-15-18(25)13-21(10-11-23)12-17(24)14-22-9-8-16-6-4-5-7-19(16)22/h4-9,17-18,23-25H,10-15H2,1-3H3. The van der Waals surface area contributed by atoms with Gasteiger partial charge in [0.15, 0.2) is 0 Å². The first-order chi connectivity index (χ1) is 12.3. The van der Waals surface area contributed by atoms with E-state index >= 15 is 0 Å². The minimum Gasteiger partial charge on any atom is -0.395 e. The second-order valence-electron chi connectivity index (χ2n) is 7.74. The van der Waals surface area contributed by atoms with Crippen LogP contribution in [0, 0.1) is 0 Å². The molecule has 0 aliphatic carbocycles. The molecule has 1 aromatic carbocycles. The average molecular weight is 364 g/mol. The van der Waals surface area contributed by atoms with Gasteiger partial charge >= 0.3 is 0 Å². The Morgan fingerprint density at radius 1 is 1.08 bits per heavy atom. The van der Waals surface area contributed by atoms with Gasteiger partial charge in [0.25, 0.3) is 0 Å². The number of fused-ring (bicyclic) bond motifs is 1. The minimum atomic E-state index is -0.666. The first-order valence-corrected chi connectivity index (χ1v) is 9.15. The molecule has 0 radical (unpaired) electrons. The van der Waals surface area contributed by atoms with E-state index in [9.17, 15) is 15.3 Å². The SMILES string of the molecule is CC(C)(C)OCC(O)CN(CCO)CC(O)Cn1ccc2ccccc21. The van der Waals surface area contributed by atoms with Gasteiger partial charge in [-0.3, -0.25) is 4.90 Å². The summed E-state index contributed by atoms with van der Waals surface area (Å²) in [5.74, 6) is 0. The number of aromatic nitrogens is 1. The summed E-state index contributed by atoms with van der Waals surface area (Å²) in [5, 5.41) is 31.1. The molecule has 2 atom stereocenters. The average Bonchev–Trinajstić information content (AvgIpc) is 2.96. The molecule has 0 aliphatic heterocycles. The van der Waals surface area contributed by atoms with Crippen LogP contribution in [-0.2, 0) is 11.3 Å². The van der Waals surface area contributed by atoms with Crippen LogP contribution in [0.25, 0.3) is 10.9 Å². The van der Waals surface area contributed by atoms with Gasteiger partial charge < -0.3 is 24.6 Å². The third-order valence-corrected chi connectivity index (χ3v) is 4.15. The summed E-state index contributed by atoms with van der Waals surface area (Å²) < 4.78 is 7.63. The fourth-order valence-electron chi connectivity index (χ4n) is 2.98. The van der Waals surface area contributed by atoms with Crippen molar-refractivity contribution in [1.82, 2.24) is 9.47 Å². The third kappa shape index (κ3) is 6.70. The highest BCUT2D eigenvalue weighted by molar-refractivity contribution is 5.79. The summed E-state index contributed by atoms with van der Waals surface area (Å²) in [6.07, 6.45) is 0.699. The van der Waals surface area contributed by atoms with Gasteiger partial charge in [-0.15, -0.1) is 0 Å². The van der Waals surface area contributed by atoms with Crippen molar-refractivity contribution in [2.75, 3.05) is 32.8 Å². The highest BCUT2D eigenvalue weighted by Crippen LogP contribution is 2.15. The fourth-order valence-corrected chi connectivity index (χ4v) is 2.98. The largest absolute Gasteiger partial charge is 0.395 e. The van der Waals surface area contributed by atoms with E-state index < -0.39 is 12.2 Å². The summed E-state index contributed by atoms with van der Waals surface area (Å²) in [6.45, 7) is 7.61. The number of benzene rings is 1. The van der Waals surface area contributed by atoms with Crippen LogP contribution in [0.15, 0.2) is 36.5 Å². The quantitative estimate of drug-likeness (QED) is 0.595. The number of para-hydroxylation sites is 1. The first kappa shape index (κ1) is 20.9. The molecule has 2 unspecified atom stereocenters. The normalized spacial score (nSPS) is 14.9. The lowest BCUT2D eigenvalue weighted by molar-refractivity contribution is -0.0593. The van der Waals surface area contributed by atoms with Gasteiger partial charge in [0.2, 0.25) is 0 Å². The Morgan fingerprint density at radius 3 is 2.46 bits per heavy atom. The number of hydrogen-bond donors (Lipinski definition) is 3. The molecule has 1 aromatic heterocycles. The van der Waals surface area contributed by atoms with Gasteiger partial charge in [-0.25, -0.2) is 0 Å². The molecule has 0 saturated heterocycles. The van der Waals surface area contributed by atoms with E-state index in [0.29, 0.717) is 26.2 Å². The van der Waals surface area contributed by atoms with Crippen LogP contribution < -0.4 is 0 Å². The Bertz CT molecular complexity index is 665. The predicted molar refractivity (Wildman–Crippen MR) is 103 cm³/mol. The number of hydrogen-bond acceptors (Lipinski definition) is 5. The van der Waals surface area contributed by atoms with Crippen LogP contribution in [0.5, 0.6) is 0 Å². The smallest absolute Gasteiger partial charge is 0.0900 e. The van der Waals surface area contributed by atoms with Gasteiger partial charge in [0, 0.05) is 37.9 Å². The lowest BCUT2D eigenvalue weighted by atomic mass is 10.2. The van der Waals surface area contributed by atoms with Crippen molar-refractivity contribution in [3.05, 3.63) is 36.5 Å². The molecular formula is C20H32N2O4. The van der Waals surface area contributed by atoms with Crippen LogP contribution in [0.2, 0.25) is 0 Å². The Morgan fingerprint density at radius 2 is 1.77 bits per heavy atom. The molecule has 2 rings (SSSR count). The van der Waals surface area contributed by atoms with E-state index in [1.807, 2.05) is 66.8 Å². The molecule has 0 spiro atoms. The lowest BCUT2D eigenvalue weighted by Crippen LogP contribution is -2.42. The van der Waals surface area contributed by atoms with Gasteiger partial charge in [0.05, 0.1) is 31.0 Å². The van der Waals surface area contributed by atoms with Crippen LogP contribution in [0.3, 0.4) is 0 Å². The number of ether oxygens (including phenoxy) is 1. The molecule has 0 amide bonds. The summed E-state index contributed by atoms with van der Waals surface area (Å²) >= 11 is 0. The first-order valence-electron chi connectivity index (χ1n) is 9.15. The monoisotopic (exact) mass is 364 g/mol. The maximum absolute atomic E-state index is 10.5. The van der Waals surface area contributed by atoms with Crippen LogP contribution in [0.4, 0.5) is 0 Å². The predicted octanol–water partition coefficient (Wildman–Crippen LogP) is 1.47. The van der Waals surface area contributed by atoms with E-state index in [1.165, 1.54) is 0 Å². The van der Waals surface area contributed by atoms with Gasteiger partial charge in [-0.1, -0.05) is 18.2 Å². The Kier molecular flexibility index (Phi) is 7.61. The van der Waals surface area contributed by atoms with Crippen molar-refractivity contribution in [2.24, 2.45) is 0 Å². The van der Waals surface area contributed by atoms with Gasteiger partial charge in [-0.05, 0) is 38.3 Å². The second-order valence-corrected chi connectivity index (χ2v) is 7.74. The molecule has 146 valence electrons. The molecule has 2 aromatic rings. The van der Waals surface area contributed by atoms with Crippen molar-refractivity contribution < 1.29 is 20.1 Å². The van der Waals surface area contributed by atoms with Crippen LogP contribution >= 0.6 is 0 Å². The van der Waals surface area contributed by atoms with Crippen molar-refractivity contribution in [1.29, 1.82) is 0 Å². The number of aliphatic hydroxyl groups is 3. The van der Waals surface area contributed by atoms with E-state index in [1.54, 1.807) is 0 Å². The molecule has 6 nitrogen and oxygen atoms in total. The molecule has 0 bridgehead atoms. The molecule has 1 heterocycles. The summed E-state index contributed by atoms with van der Waals surface area (Å²) in [6, 6.07) is 10.1. The molecule has 26 heavy (non-hydrogen) atoms. The highest BCUT2D eigenvalue weighted by atomic mass is 16.5. The van der Waals surface area contributed by atoms with Crippen LogP contribution in [0.1, 0.15) is 20.8 Å². The van der Waals surface area contributed by atoms with E-state index in [0.717, 1.165) is 10.9 Å². The van der Waals surface area contributed by atoms with Crippen molar-refractivity contribution in [2.45, 2.75) is 45.1 Å². The van der Waals surface area contributed by atoms with E-state index in [4.69, 9.17) is 4.74 Å². The van der Waals surface area contributed by atoms with Crippen molar-refractivity contribution in [3.8, 4) is 0 Å². The summed E-state index contributed by atoms with van der Waals surface area (Å²) in [5.41, 5.74) is 0.775. The Hall–Kier alpha value is -1.44. The highest BCUT2D eigenvalue weighted by Gasteiger charge is 2.19. The van der Waals surface area contributed by atoms with E-state index in [-0.39, 0.29) is 18.8 Å². The number of nitrogens with zero attached hydrogens (tertiary/aromatic N) is 2. The van der Waals surface area contributed by atoms with Crippen molar-refractivity contribution >= 4 is 10.9 Å². The topological polar surface area (TPSA) is 78.1 Å². The molecule has 0 saturated carbocycles. The zero-order valence-corrected chi connectivity index (χ0v) is 16.0. The minimum absolute atomic E-state index is 0.0218. The summed E-state index contributed by atoms with van der Waals surface area (Å²) in [7, 11) is 0. The van der Waals surface area contributed by atoms with Crippen LogP contribution in [-0.4, -0.2) is 75.4 Å². The Labute approximate surface area is 155 Å². The third-order valence-electron chi connectivity index (χ3n) is 4.15. The number of aliphatic hydroxyl groups excluding tert-OH is 3. The zero-order chi connectivity index (χ0) is 19.2. The maximum Gasteiger partial charge on any atom is 0.0900 e. The molecule has 0 aliphatic rings.